The standard InChI is InChI=1S/C8H5FINS/c9-7-3-1-2-6-4-5-11(12-10)8(6)7/h1-5H. The Labute approximate surface area is 85.7 Å². The molecule has 0 fully saturated rings. The Kier molecular flexibility index (Phi) is 2.27. The molecule has 4 heteroatoms. The van der Waals surface area contributed by atoms with Gasteiger partial charge < -0.3 is 0 Å². The van der Waals surface area contributed by atoms with Gasteiger partial charge >= 0.3 is 0 Å². The average Bonchev–Trinajstić information content (AvgIpc) is 2.49. The van der Waals surface area contributed by atoms with Crippen molar-refractivity contribution >= 4 is 41.2 Å². The number of para-hydroxylation sites is 1. The Morgan fingerprint density at radius 2 is 2.17 bits per heavy atom. The van der Waals surface area contributed by atoms with Crippen LogP contribution in [0.2, 0.25) is 0 Å². The highest BCUT2D eigenvalue weighted by molar-refractivity contribution is 14.2. The Morgan fingerprint density at radius 3 is 2.92 bits per heavy atom. The normalized spacial score (nSPS) is 10.8. The second-order valence-corrected chi connectivity index (χ2v) is 4.10. The minimum absolute atomic E-state index is 0.165. The molecule has 0 saturated heterocycles. The predicted molar refractivity (Wildman–Crippen MR) is 58.9 cm³/mol. The first-order valence-electron chi connectivity index (χ1n) is 3.37. The van der Waals surface area contributed by atoms with Gasteiger partial charge in [0, 0.05) is 41.9 Å². The Bertz CT molecular complexity index is 412. The summed E-state index contributed by atoms with van der Waals surface area (Å²) in [6.07, 6.45) is 1.87. The number of rotatable bonds is 1. The van der Waals surface area contributed by atoms with Crippen LogP contribution in [0.25, 0.3) is 10.9 Å². The molecule has 0 bridgehead atoms. The van der Waals surface area contributed by atoms with Crippen molar-refractivity contribution in [2.24, 2.45) is 0 Å². The first kappa shape index (κ1) is 8.37. The van der Waals surface area contributed by atoms with Crippen LogP contribution in [0.5, 0.6) is 0 Å². The molecule has 1 heterocycles. The molecule has 0 N–H and O–H groups in total. The van der Waals surface area contributed by atoms with Gasteiger partial charge in [-0.2, -0.15) is 0 Å². The van der Waals surface area contributed by atoms with E-state index >= 15 is 0 Å². The largest absolute Gasteiger partial charge is 0.280 e. The topological polar surface area (TPSA) is 4.93 Å². The SMILES string of the molecule is Fc1cccc2ccn(SI)c12. The highest BCUT2D eigenvalue weighted by atomic mass is 127. The smallest absolute Gasteiger partial charge is 0.148 e. The molecular weight excluding hydrogens is 288 g/mol. The Hall–Kier alpha value is -0.230. The van der Waals surface area contributed by atoms with Crippen LogP contribution in [0.3, 0.4) is 0 Å². The maximum absolute atomic E-state index is 13.2. The number of fused-ring (bicyclic) bond motifs is 1. The maximum Gasteiger partial charge on any atom is 0.148 e. The summed E-state index contributed by atoms with van der Waals surface area (Å²) in [4.78, 5) is 0. The summed E-state index contributed by atoms with van der Waals surface area (Å²) >= 11 is 2.13. The van der Waals surface area contributed by atoms with Crippen LogP contribution in [0.4, 0.5) is 4.39 Å². The van der Waals surface area contributed by atoms with Crippen molar-refractivity contribution in [2.75, 3.05) is 0 Å². The van der Waals surface area contributed by atoms with E-state index in [0.717, 1.165) is 5.39 Å². The van der Waals surface area contributed by atoms with Gasteiger partial charge in [0.1, 0.15) is 5.82 Å². The van der Waals surface area contributed by atoms with Gasteiger partial charge in [-0.1, -0.05) is 12.1 Å². The fraction of sp³-hybridized carbons (Fsp3) is 0. The van der Waals surface area contributed by atoms with Crippen molar-refractivity contribution in [2.45, 2.75) is 0 Å². The van der Waals surface area contributed by atoms with Crippen molar-refractivity contribution in [1.29, 1.82) is 0 Å². The number of benzene rings is 1. The third-order valence-corrected chi connectivity index (χ3v) is 3.43. The highest BCUT2D eigenvalue weighted by Crippen LogP contribution is 2.26. The van der Waals surface area contributed by atoms with E-state index in [1.807, 2.05) is 22.3 Å². The zero-order chi connectivity index (χ0) is 8.55. The third-order valence-electron chi connectivity index (χ3n) is 1.70. The summed E-state index contributed by atoms with van der Waals surface area (Å²) in [6.45, 7) is 0. The quantitative estimate of drug-likeness (QED) is 0.727. The highest BCUT2D eigenvalue weighted by Gasteiger charge is 2.04. The first-order chi connectivity index (χ1) is 5.83. The number of hydrogen-bond donors (Lipinski definition) is 0. The van der Waals surface area contributed by atoms with E-state index < -0.39 is 0 Å². The maximum atomic E-state index is 13.2. The van der Waals surface area contributed by atoms with Gasteiger partial charge in [0.15, 0.2) is 0 Å². The molecule has 0 aliphatic heterocycles. The van der Waals surface area contributed by atoms with Crippen LogP contribution < -0.4 is 0 Å². The van der Waals surface area contributed by atoms with Gasteiger partial charge in [-0.25, -0.2) is 4.39 Å². The summed E-state index contributed by atoms with van der Waals surface area (Å²) in [7, 11) is 1.47. The molecule has 0 amide bonds. The van der Waals surface area contributed by atoms with Gasteiger partial charge in [-0.3, -0.25) is 3.97 Å². The van der Waals surface area contributed by atoms with Crippen molar-refractivity contribution in [3.63, 3.8) is 0 Å². The first-order valence-corrected chi connectivity index (χ1v) is 6.69. The van der Waals surface area contributed by atoms with Crippen molar-refractivity contribution in [1.82, 2.24) is 3.97 Å². The minimum atomic E-state index is -0.165. The summed E-state index contributed by atoms with van der Waals surface area (Å²) < 4.78 is 15.0. The number of aromatic nitrogens is 1. The molecule has 0 aliphatic rings. The lowest BCUT2D eigenvalue weighted by Crippen LogP contribution is -1.83. The minimum Gasteiger partial charge on any atom is -0.280 e. The molecule has 0 saturated carbocycles. The molecule has 1 aromatic heterocycles. The van der Waals surface area contributed by atoms with Crippen LogP contribution in [-0.4, -0.2) is 3.97 Å². The lowest BCUT2D eigenvalue weighted by molar-refractivity contribution is 0.636. The molecule has 2 rings (SSSR count). The van der Waals surface area contributed by atoms with E-state index in [4.69, 9.17) is 0 Å². The van der Waals surface area contributed by atoms with Crippen LogP contribution in [0.15, 0.2) is 30.5 Å². The van der Waals surface area contributed by atoms with E-state index in [-0.39, 0.29) is 5.82 Å². The number of halogens is 2. The second kappa shape index (κ2) is 3.26. The molecule has 0 unspecified atom stereocenters. The lowest BCUT2D eigenvalue weighted by atomic mass is 10.2. The van der Waals surface area contributed by atoms with Gasteiger partial charge in [-0.15, -0.1) is 0 Å². The summed E-state index contributed by atoms with van der Waals surface area (Å²) in [5, 5.41) is 0.944. The molecule has 2 aromatic rings. The van der Waals surface area contributed by atoms with Crippen molar-refractivity contribution in [3.8, 4) is 0 Å². The molecular formula is C8H5FINS. The summed E-state index contributed by atoms with van der Waals surface area (Å²) in [5.74, 6) is -0.165. The average molecular weight is 293 g/mol. The molecule has 0 atom stereocenters. The molecule has 0 spiro atoms. The lowest BCUT2D eigenvalue weighted by Gasteiger charge is -1.97. The zero-order valence-electron chi connectivity index (χ0n) is 6.00. The van der Waals surface area contributed by atoms with Gasteiger partial charge in [0.25, 0.3) is 0 Å². The predicted octanol–water partition coefficient (Wildman–Crippen LogP) is 3.63. The van der Waals surface area contributed by atoms with Gasteiger partial charge in [0.05, 0.1) is 5.52 Å². The van der Waals surface area contributed by atoms with Crippen LogP contribution in [0.1, 0.15) is 0 Å². The van der Waals surface area contributed by atoms with Crippen LogP contribution in [0, 0.1) is 5.82 Å². The Balaban J connectivity index is 2.83. The van der Waals surface area contributed by atoms with Crippen LogP contribution >= 0.6 is 30.3 Å². The molecule has 0 aliphatic carbocycles. The molecule has 62 valence electrons. The van der Waals surface area contributed by atoms with E-state index in [0.29, 0.717) is 5.52 Å². The third kappa shape index (κ3) is 1.22. The van der Waals surface area contributed by atoms with E-state index in [1.54, 1.807) is 6.07 Å². The van der Waals surface area contributed by atoms with E-state index in [2.05, 4.69) is 21.2 Å². The molecule has 12 heavy (non-hydrogen) atoms. The summed E-state index contributed by atoms with van der Waals surface area (Å²) in [6, 6.07) is 7.01. The van der Waals surface area contributed by atoms with Gasteiger partial charge in [-0.05, 0) is 12.1 Å². The van der Waals surface area contributed by atoms with Crippen molar-refractivity contribution < 1.29 is 4.39 Å². The number of nitrogens with zero attached hydrogens (tertiary/aromatic N) is 1. The van der Waals surface area contributed by atoms with Crippen LogP contribution in [-0.2, 0) is 0 Å². The zero-order valence-corrected chi connectivity index (χ0v) is 8.97. The fourth-order valence-electron chi connectivity index (χ4n) is 1.18. The fourth-order valence-corrected chi connectivity index (χ4v) is 2.53. The molecule has 1 aromatic carbocycles. The number of hydrogen-bond acceptors (Lipinski definition) is 1. The summed E-state index contributed by atoms with van der Waals surface area (Å²) in [5.41, 5.74) is 0.664. The molecule has 1 nitrogen and oxygen atoms in total. The van der Waals surface area contributed by atoms with E-state index in [1.165, 1.54) is 15.2 Å². The monoisotopic (exact) mass is 293 g/mol. The van der Waals surface area contributed by atoms with E-state index in [9.17, 15) is 4.39 Å². The second-order valence-electron chi connectivity index (χ2n) is 2.39. The molecule has 0 radical (unpaired) electrons. The van der Waals surface area contributed by atoms with Gasteiger partial charge in [0.2, 0.25) is 0 Å². The van der Waals surface area contributed by atoms with Crippen molar-refractivity contribution in [3.05, 3.63) is 36.3 Å². The Morgan fingerprint density at radius 1 is 1.33 bits per heavy atom.